The molecule has 7 nitrogen and oxygen atoms in total. The Hall–Kier alpha value is -2.97. The van der Waals surface area contributed by atoms with Crippen molar-refractivity contribution in [1.82, 2.24) is 20.2 Å². The molecule has 0 saturated carbocycles. The summed E-state index contributed by atoms with van der Waals surface area (Å²) in [6, 6.07) is 11.5. The van der Waals surface area contributed by atoms with Crippen molar-refractivity contribution in [3.8, 4) is 10.6 Å². The third-order valence-electron chi connectivity index (χ3n) is 5.06. The number of halogens is 1. The van der Waals surface area contributed by atoms with Crippen molar-refractivity contribution >= 4 is 40.4 Å². The molecule has 1 aliphatic rings. The predicted molar refractivity (Wildman–Crippen MR) is 122 cm³/mol. The van der Waals surface area contributed by atoms with Crippen molar-refractivity contribution in [2.75, 3.05) is 37.6 Å². The highest BCUT2D eigenvalue weighted by Gasteiger charge is 2.21. The maximum absolute atomic E-state index is 12.5. The van der Waals surface area contributed by atoms with Crippen LogP contribution in [-0.4, -0.2) is 59.4 Å². The molecular formula is C22H22ClN5O2S. The number of nitrogens with one attached hydrogen (secondary N) is 1. The van der Waals surface area contributed by atoms with Crippen LogP contribution >= 0.6 is 22.9 Å². The number of anilines is 1. The molecule has 0 bridgehead atoms. The molecule has 3 heterocycles. The Balaban J connectivity index is 1.21. The predicted octanol–water partition coefficient (Wildman–Crippen LogP) is 2.87. The summed E-state index contributed by atoms with van der Waals surface area (Å²) < 4.78 is 0. The average molecular weight is 456 g/mol. The van der Waals surface area contributed by atoms with E-state index in [0.29, 0.717) is 23.8 Å². The van der Waals surface area contributed by atoms with Gasteiger partial charge in [-0.15, -0.1) is 11.3 Å². The van der Waals surface area contributed by atoms with Gasteiger partial charge in [-0.1, -0.05) is 11.6 Å². The molecule has 1 saturated heterocycles. The molecule has 2 aromatic heterocycles. The molecule has 4 rings (SSSR count). The van der Waals surface area contributed by atoms with Crippen molar-refractivity contribution in [3.63, 3.8) is 0 Å². The standard InChI is InChI=1S/C22H22ClN5O2S/c23-17-3-5-19(6-4-17)27-8-10-28(11-9-27)21(30)14-25-20(29)12-18-15-31-22(26-18)16-2-1-7-24-13-16/h1-7,13,15H,8-12,14H2,(H,25,29). The lowest BCUT2D eigenvalue weighted by molar-refractivity contribution is -0.133. The summed E-state index contributed by atoms with van der Waals surface area (Å²) in [5.74, 6) is -0.283. The number of piperazine rings is 1. The molecule has 1 N–H and O–H groups in total. The maximum Gasteiger partial charge on any atom is 0.242 e. The van der Waals surface area contributed by atoms with Crippen LogP contribution < -0.4 is 10.2 Å². The Morgan fingerprint density at radius 3 is 2.58 bits per heavy atom. The van der Waals surface area contributed by atoms with E-state index < -0.39 is 0 Å². The van der Waals surface area contributed by atoms with Gasteiger partial charge in [0.2, 0.25) is 11.8 Å². The van der Waals surface area contributed by atoms with Gasteiger partial charge in [0.15, 0.2) is 0 Å². The van der Waals surface area contributed by atoms with Gasteiger partial charge in [0, 0.05) is 60.2 Å². The van der Waals surface area contributed by atoms with Crippen molar-refractivity contribution < 1.29 is 9.59 Å². The first kappa shape index (κ1) is 21.3. The minimum absolute atomic E-state index is 0.000617. The molecule has 0 atom stereocenters. The summed E-state index contributed by atoms with van der Waals surface area (Å²) in [6.45, 7) is 2.74. The van der Waals surface area contributed by atoms with Gasteiger partial charge < -0.3 is 15.1 Å². The number of amides is 2. The molecule has 0 spiro atoms. The number of hydrogen-bond acceptors (Lipinski definition) is 6. The zero-order valence-corrected chi connectivity index (χ0v) is 18.4. The van der Waals surface area contributed by atoms with Crippen molar-refractivity contribution in [2.24, 2.45) is 0 Å². The maximum atomic E-state index is 12.5. The van der Waals surface area contributed by atoms with Crippen LogP contribution in [0.15, 0.2) is 54.2 Å². The van der Waals surface area contributed by atoms with Crippen molar-refractivity contribution in [3.05, 3.63) is 64.9 Å². The first-order valence-electron chi connectivity index (χ1n) is 9.98. The monoisotopic (exact) mass is 455 g/mol. The van der Waals surface area contributed by atoms with E-state index >= 15 is 0 Å². The minimum Gasteiger partial charge on any atom is -0.368 e. The number of carbonyl (C=O) groups is 2. The third-order valence-corrected chi connectivity index (χ3v) is 6.25. The fraction of sp³-hybridized carbons (Fsp3) is 0.273. The molecule has 2 amide bonds. The molecule has 31 heavy (non-hydrogen) atoms. The van der Waals surface area contributed by atoms with Crippen LogP contribution in [0.25, 0.3) is 10.6 Å². The van der Waals surface area contributed by atoms with Crippen LogP contribution in [0, 0.1) is 0 Å². The summed E-state index contributed by atoms with van der Waals surface area (Å²) in [7, 11) is 0. The van der Waals surface area contributed by atoms with Gasteiger partial charge in [0.25, 0.3) is 0 Å². The zero-order chi connectivity index (χ0) is 21.6. The molecule has 3 aromatic rings. The van der Waals surface area contributed by atoms with Gasteiger partial charge >= 0.3 is 0 Å². The second-order valence-corrected chi connectivity index (χ2v) is 8.48. The van der Waals surface area contributed by atoms with E-state index in [9.17, 15) is 9.59 Å². The Kier molecular flexibility index (Phi) is 6.79. The molecular weight excluding hydrogens is 434 g/mol. The quantitative estimate of drug-likeness (QED) is 0.618. The van der Waals surface area contributed by atoms with Crippen molar-refractivity contribution in [2.45, 2.75) is 6.42 Å². The van der Waals surface area contributed by atoms with Crippen LogP contribution in [0.2, 0.25) is 5.02 Å². The van der Waals surface area contributed by atoms with Crippen molar-refractivity contribution in [1.29, 1.82) is 0 Å². The number of aromatic nitrogens is 2. The highest BCUT2D eigenvalue weighted by Crippen LogP contribution is 2.23. The van der Waals surface area contributed by atoms with Crippen LogP contribution in [0.4, 0.5) is 5.69 Å². The van der Waals surface area contributed by atoms with E-state index in [0.717, 1.165) is 29.3 Å². The van der Waals surface area contributed by atoms with E-state index in [2.05, 4.69) is 20.2 Å². The normalized spacial score (nSPS) is 13.8. The first-order chi connectivity index (χ1) is 15.1. The summed E-state index contributed by atoms with van der Waals surface area (Å²) in [5, 5.41) is 6.11. The van der Waals surface area contributed by atoms with Crippen LogP contribution in [0.5, 0.6) is 0 Å². The van der Waals surface area contributed by atoms with E-state index in [1.54, 1.807) is 17.3 Å². The fourth-order valence-corrected chi connectivity index (χ4v) is 4.33. The summed E-state index contributed by atoms with van der Waals surface area (Å²) in [6.07, 6.45) is 3.60. The van der Waals surface area contributed by atoms with Gasteiger partial charge in [-0.05, 0) is 36.4 Å². The smallest absolute Gasteiger partial charge is 0.242 e. The van der Waals surface area contributed by atoms with Gasteiger partial charge in [0.1, 0.15) is 5.01 Å². The molecule has 160 valence electrons. The van der Waals surface area contributed by atoms with Gasteiger partial charge in [-0.2, -0.15) is 0 Å². The Labute approximate surface area is 189 Å². The molecule has 1 aromatic carbocycles. The third kappa shape index (κ3) is 5.59. The number of rotatable bonds is 6. The number of hydrogen-bond donors (Lipinski definition) is 1. The van der Waals surface area contributed by atoms with E-state index in [4.69, 9.17) is 11.6 Å². The summed E-state index contributed by atoms with van der Waals surface area (Å²) in [5.41, 5.74) is 2.70. The molecule has 1 aliphatic heterocycles. The fourth-order valence-electron chi connectivity index (χ4n) is 3.39. The average Bonchev–Trinajstić information content (AvgIpc) is 3.27. The number of pyridine rings is 1. The number of nitrogens with zero attached hydrogens (tertiary/aromatic N) is 4. The molecule has 0 radical (unpaired) electrons. The SMILES string of the molecule is O=C(Cc1csc(-c2cccnc2)n1)NCC(=O)N1CCN(c2ccc(Cl)cc2)CC1. The highest BCUT2D eigenvalue weighted by atomic mass is 35.5. The lowest BCUT2D eigenvalue weighted by atomic mass is 10.2. The summed E-state index contributed by atoms with van der Waals surface area (Å²) in [4.78, 5) is 37.3. The topological polar surface area (TPSA) is 78.4 Å². The van der Waals surface area contributed by atoms with Gasteiger partial charge in [-0.3, -0.25) is 14.6 Å². The highest BCUT2D eigenvalue weighted by molar-refractivity contribution is 7.13. The first-order valence-corrected chi connectivity index (χ1v) is 11.2. The number of thiazole rings is 1. The van der Waals surface area contributed by atoms with Gasteiger partial charge in [0.05, 0.1) is 18.7 Å². The lowest BCUT2D eigenvalue weighted by Crippen LogP contribution is -2.51. The second-order valence-electron chi connectivity index (χ2n) is 7.18. The molecule has 0 unspecified atom stereocenters. The van der Waals surface area contributed by atoms with Crippen LogP contribution in [0.3, 0.4) is 0 Å². The molecule has 9 heteroatoms. The number of benzene rings is 1. The largest absolute Gasteiger partial charge is 0.368 e. The van der Waals surface area contributed by atoms with E-state index in [1.807, 2.05) is 41.8 Å². The van der Waals surface area contributed by atoms with Crippen LogP contribution in [-0.2, 0) is 16.0 Å². The Bertz CT molecular complexity index is 1030. The molecule has 1 fully saturated rings. The van der Waals surface area contributed by atoms with E-state index in [-0.39, 0.29) is 24.8 Å². The summed E-state index contributed by atoms with van der Waals surface area (Å²) >= 11 is 7.42. The van der Waals surface area contributed by atoms with Crippen LogP contribution in [0.1, 0.15) is 5.69 Å². The van der Waals surface area contributed by atoms with Gasteiger partial charge in [-0.25, -0.2) is 4.98 Å². The van der Waals surface area contributed by atoms with E-state index in [1.165, 1.54) is 11.3 Å². The lowest BCUT2D eigenvalue weighted by Gasteiger charge is -2.36. The second kappa shape index (κ2) is 9.89. The minimum atomic E-state index is -0.212. The Morgan fingerprint density at radius 2 is 1.87 bits per heavy atom. The zero-order valence-electron chi connectivity index (χ0n) is 16.8. The number of carbonyl (C=O) groups excluding carboxylic acids is 2. The molecule has 0 aliphatic carbocycles. The Morgan fingerprint density at radius 1 is 1.10 bits per heavy atom.